The van der Waals surface area contributed by atoms with Crippen LogP contribution >= 0.6 is 0 Å². The number of quaternary nitrogens is 1. The Balaban J connectivity index is 1.57. The maximum atomic E-state index is 12.8. The number of hydroxylamine groups is 3. The third kappa shape index (κ3) is 3.25. The van der Waals surface area contributed by atoms with E-state index >= 15 is 0 Å². The Labute approximate surface area is 142 Å². The van der Waals surface area contributed by atoms with Crippen LogP contribution in [0.5, 0.6) is 0 Å². The number of allylic oxidation sites excluding steroid dienone is 4. The SMILES string of the molecule is CC1=CC(C(=O)CCC[N+]2([O-])Cc3ccccc3C2=O)CC(C)=C1. The Hall–Kier alpha value is -2.04. The van der Waals surface area contributed by atoms with E-state index in [2.05, 4.69) is 6.08 Å². The summed E-state index contributed by atoms with van der Waals surface area (Å²) in [6.07, 6.45) is 5.68. The average molecular weight is 325 g/mol. The Morgan fingerprint density at radius 2 is 2.04 bits per heavy atom. The first kappa shape index (κ1) is 16.8. The fraction of sp³-hybridized carbons (Fsp3) is 0.400. The van der Waals surface area contributed by atoms with Crippen molar-refractivity contribution in [3.63, 3.8) is 0 Å². The third-order valence-corrected chi connectivity index (χ3v) is 4.88. The summed E-state index contributed by atoms with van der Waals surface area (Å²) in [7, 11) is 0. The summed E-state index contributed by atoms with van der Waals surface area (Å²) in [4.78, 5) is 24.7. The summed E-state index contributed by atoms with van der Waals surface area (Å²) in [5.74, 6) is -0.288. The first-order chi connectivity index (χ1) is 11.4. The summed E-state index contributed by atoms with van der Waals surface area (Å²) < 4.78 is -0.856. The average Bonchev–Trinajstić information content (AvgIpc) is 2.78. The van der Waals surface area contributed by atoms with Gasteiger partial charge in [-0.15, -0.1) is 0 Å². The van der Waals surface area contributed by atoms with E-state index in [0.29, 0.717) is 18.4 Å². The molecule has 2 atom stereocenters. The molecule has 1 aromatic carbocycles. The molecule has 2 aliphatic rings. The maximum absolute atomic E-state index is 12.8. The first-order valence-electron chi connectivity index (χ1n) is 8.48. The van der Waals surface area contributed by atoms with Gasteiger partial charge in [0.2, 0.25) is 0 Å². The molecular formula is C20H23NO3. The minimum absolute atomic E-state index is 0.0819. The zero-order valence-corrected chi connectivity index (χ0v) is 14.2. The maximum Gasteiger partial charge on any atom is 0.346 e. The number of Topliss-reactive ketones (excluding diaryl/α,β-unsaturated/α-hetero) is 1. The number of carbonyl (C=O) groups excluding carboxylic acids is 2. The molecule has 0 bridgehead atoms. The first-order valence-corrected chi connectivity index (χ1v) is 8.48. The van der Waals surface area contributed by atoms with Crippen molar-refractivity contribution in [2.75, 3.05) is 6.54 Å². The standard InChI is InChI=1S/C20H23NO3/c1-14-10-15(2)12-17(11-14)19(22)8-5-9-21(24)13-16-6-3-4-7-18(16)20(21)23/h3-4,6-7,10-11,17H,5,8-9,12-13H2,1-2H3. The topological polar surface area (TPSA) is 57.2 Å². The number of rotatable bonds is 5. The molecule has 1 aliphatic carbocycles. The highest BCUT2D eigenvalue weighted by Gasteiger charge is 2.38. The molecule has 0 radical (unpaired) electrons. The van der Waals surface area contributed by atoms with Crippen molar-refractivity contribution < 1.29 is 14.2 Å². The van der Waals surface area contributed by atoms with Gasteiger partial charge in [0.1, 0.15) is 12.3 Å². The predicted octanol–water partition coefficient (Wildman–Crippen LogP) is 3.92. The van der Waals surface area contributed by atoms with E-state index in [1.165, 1.54) is 5.57 Å². The number of nitrogens with zero attached hydrogens (tertiary/aromatic N) is 1. The number of hydrogen-bond acceptors (Lipinski definition) is 3. The number of amides is 1. The van der Waals surface area contributed by atoms with Crippen LogP contribution in [0.4, 0.5) is 0 Å². The van der Waals surface area contributed by atoms with Crippen molar-refractivity contribution in [2.24, 2.45) is 5.92 Å². The predicted molar refractivity (Wildman–Crippen MR) is 92.8 cm³/mol. The van der Waals surface area contributed by atoms with Gasteiger partial charge in [0.25, 0.3) is 0 Å². The van der Waals surface area contributed by atoms with E-state index in [9.17, 15) is 14.8 Å². The van der Waals surface area contributed by atoms with Crippen molar-refractivity contribution in [3.05, 3.63) is 63.9 Å². The smallest absolute Gasteiger partial charge is 0.346 e. The monoisotopic (exact) mass is 325 g/mol. The van der Waals surface area contributed by atoms with Crippen LogP contribution in [0.15, 0.2) is 47.6 Å². The number of ketones is 1. The van der Waals surface area contributed by atoms with Crippen LogP contribution < -0.4 is 0 Å². The lowest BCUT2D eigenvalue weighted by molar-refractivity contribution is -0.807. The Morgan fingerprint density at radius 3 is 2.75 bits per heavy atom. The van der Waals surface area contributed by atoms with Crippen LogP contribution in [0.3, 0.4) is 0 Å². The van der Waals surface area contributed by atoms with E-state index < -0.39 is 4.65 Å². The van der Waals surface area contributed by atoms with Crippen LogP contribution in [0.1, 0.15) is 49.0 Å². The van der Waals surface area contributed by atoms with E-state index in [1.54, 1.807) is 12.1 Å². The number of fused-ring (bicyclic) bond motifs is 1. The van der Waals surface area contributed by atoms with Gasteiger partial charge < -0.3 is 5.21 Å². The molecule has 1 aliphatic heterocycles. The lowest BCUT2D eigenvalue weighted by atomic mass is 9.87. The largest absolute Gasteiger partial charge is 0.625 e. The highest BCUT2D eigenvalue weighted by molar-refractivity contribution is 5.93. The Kier molecular flexibility index (Phi) is 4.52. The zero-order chi connectivity index (χ0) is 17.3. The van der Waals surface area contributed by atoms with Crippen LogP contribution in [0, 0.1) is 11.1 Å². The molecule has 4 nitrogen and oxygen atoms in total. The van der Waals surface area contributed by atoms with Gasteiger partial charge in [0.05, 0.1) is 12.1 Å². The highest BCUT2D eigenvalue weighted by atomic mass is 16.6. The lowest BCUT2D eigenvalue weighted by Gasteiger charge is -2.35. The molecule has 24 heavy (non-hydrogen) atoms. The molecule has 126 valence electrons. The number of hydrogen-bond donors (Lipinski definition) is 0. The highest BCUT2D eigenvalue weighted by Crippen LogP contribution is 2.30. The Morgan fingerprint density at radius 1 is 1.29 bits per heavy atom. The molecule has 0 fully saturated rings. The molecule has 0 saturated heterocycles. The summed E-state index contributed by atoms with van der Waals surface area (Å²) in [5, 5.41) is 12.8. The normalized spacial score (nSPS) is 26.0. The van der Waals surface area contributed by atoms with Crippen molar-refractivity contribution in [2.45, 2.75) is 39.7 Å². The van der Waals surface area contributed by atoms with E-state index in [0.717, 1.165) is 17.6 Å². The molecule has 1 amide bonds. The second-order valence-corrected chi connectivity index (χ2v) is 7.02. The third-order valence-electron chi connectivity index (χ3n) is 4.88. The second-order valence-electron chi connectivity index (χ2n) is 7.02. The molecule has 3 rings (SSSR count). The molecule has 4 heteroatoms. The molecular weight excluding hydrogens is 302 g/mol. The van der Waals surface area contributed by atoms with Crippen LogP contribution in [-0.2, 0) is 11.3 Å². The molecule has 1 heterocycles. The summed E-state index contributed by atoms with van der Waals surface area (Å²) in [6, 6.07) is 7.18. The summed E-state index contributed by atoms with van der Waals surface area (Å²) in [6.45, 7) is 4.40. The summed E-state index contributed by atoms with van der Waals surface area (Å²) >= 11 is 0. The van der Waals surface area contributed by atoms with Gasteiger partial charge >= 0.3 is 5.91 Å². The molecule has 1 aromatic rings. The van der Waals surface area contributed by atoms with Crippen molar-refractivity contribution in [3.8, 4) is 0 Å². The molecule has 0 aromatic heterocycles. The molecule has 0 spiro atoms. The molecule has 2 unspecified atom stereocenters. The van der Waals surface area contributed by atoms with Crippen LogP contribution in [0.2, 0.25) is 0 Å². The quantitative estimate of drug-likeness (QED) is 0.609. The van der Waals surface area contributed by atoms with Gasteiger partial charge in [-0.2, -0.15) is 0 Å². The van der Waals surface area contributed by atoms with Crippen molar-refractivity contribution in [1.29, 1.82) is 0 Å². The minimum atomic E-state index is -0.856. The van der Waals surface area contributed by atoms with E-state index in [-0.39, 0.29) is 30.7 Å². The fourth-order valence-electron chi connectivity index (χ4n) is 3.73. The van der Waals surface area contributed by atoms with Gasteiger partial charge in [-0.3, -0.25) is 9.44 Å². The fourth-order valence-corrected chi connectivity index (χ4v) is 3.73. The van der Waals surface area contributed by atoms with E-state index in [1.807, 2.05) is 32.1 Å². The van der Waals surface area contributed by atoms with Gasteiger partial charge in [-0.05, 0) is 26.3 Å². The molecule has 0 saturated carbocycles. The number of benzene rings is 1. The van der Waals surface area contributed by atoms with Gasteiger partial charge in [-0.1, -0.05) is 41.5 Å². The van der Waals surface area contributed by atoms with E-state index in [4.69, 9.17) is 0 Å². The zero-order valence-electron chi connectivity index (χ0n) is 14.2. The van der Waals surface area contributed by atoms with Gasteiger partial charge in [-0.25, -0.2) is 4.79 Å². The van der Waals surface area contributed by atoms with Crippen molar-refractivity contribution >= 4 is 11.7 Å². The van der Waals surface area contributed by atoms with Gasteiger partial charge in [0, 0.05) is 24.3 Å². The number of carbonyl (C=O) groups is 2. The van der Waals surface area contributed by atoms with Crippen LogP contribution in [-0.4, -0.2) is 22.9 Å². The Bertz CT molecular complexity index is 747. The van der Waals surface area contributed by atoms with Crippen molar-refractivity contribution in [1.82, 2.24) is 0 Å². The van der Waals surface area contributed by atoms with Crippen LogP contribution in [0.25, 0.3) is 0 Å². The lowest BCUT2D eigenvalue weighted by Crippen LogP contribution is -2.43. The minimum Gasteiger partial charge on any atom is -0.625 e. The molecule has 0 N–H and O–H groups in total. The summed E-state index contributed by atoms with van der Waals surface area (Å²) in [5.41, 5.74) is 3.68. The van der Waals surface area contributed by atoms with Gasteiger partial charge in [0.15, 0.2) is 0 Å². The second kappa shape index (κ2) is 6.46.